The Morgan fingerprint density at radius 1 is 0.459 bits per heavy atom. The number of hydrogen-bond acceptors (Lipinski definition) is 5. The number of imidazole rings is 3. The van der Waals surface area contributed by atoms with Crippen molar-refractivity contribution in [1.82, 2.24) is 28.7 Å². The Hall–Kier alpha value is -5.20. The van der Waals surface area contributed by atoms with E-state index >= 15 is 0 Å². The molecule has 0 bridgehead atoms. The Labute approximate surface area is 475 Å². The van der Waals surface area contributed by atoms with Crippen molar-refractivity contribution in [1.29, 1.82) is 0 Å². The van der Waals surface area contributed by atoms with Crippen LogP contribution in [0.1, 0.15) is 50.3 Å². The van der Waals surface area contributed by atoms with Gasteiger partial charge < -0.3 is 18.4 Å². The molecule has 0 aliphatic heterocycles. The van der Waals surface area contributed by atoms with Crippen LogP contribution < -0.4 is 0 Å². The van der Waals surface area contributed by atoms with Gasteiger partial charge in [-0.2, -0.15) is 0 Å². The van der Waals surface area contributed by atoms with Crippen LogP contribution in [0.25, 0.3) is 0 Å². The van der Waals surface area contributed by atoms with Gasteiger partial charge in [-0.05, 0) is 88.5 Å². The Morgan fingerprint density at radius 3 is 1.53 bits per heavy atom. The molecule has 0 fully saturated rings. The number of halogens is 8. The molecular weight excluding hydrogens is 1110 g/mol. The maximum absolute atomic E-state index is 6.69. The molecule has 3 aromatic heterocycles. The fourth-order valence-electron chi connectivity index (χ4n) is 8.33. The van der Waals surface area contributed by atoms with E-state index in [1.807, 2.05) is 133 Å². The molecule has 0 spiro atoms. The summed E-state index contributed by atoms with van der Waals surface area (Å²) in [7, 11) is 0. The van der Waals surface area contributed by atoms with Crippen molar-refractivity contribution >= 4 is 105 Å². The normalized spacial score (nSPS) is 12.0. The molecule has 0 amide bonds. The zero-order chi connectivity index (χ0) is 51.9. The molecule has 0 radical (unpaired) electrons. The lowest BCUT2D eigenvalue weighted by molar-refractivity contribution is 0.0280. The number of ether oxygens (including phenoxy) is 1. The highest BCUT2D eigenvalue weighted by Gasteiger charge is 2.39. The zero-order valence-corrected chi connectivity index (χ0v) is 46.2. The fraction of sp³-hybridized carbons (Fsp3) is 0.121. The number of rotatable bonds is 16. The number of aromatic nitrogens is 6. The monoisotopic (exact) mass is 1150 g/mol. The molecule has 376 valence electrons. The first-order valence-electron chi connectivity index (χ1n) is 23.0. The fourth-order valence-corrected chi connectivity index (χ4v) is 11.7. The lowest BCUT2D eigenvalue weighted by Gasteiger charge is -2.37. The molecule has 0 saturated carbocycles. The molecule has 7 nitrogen and oxygen atoms in total. The van der Waals surface area contributed by atoms with E-state index < -0.39 is 5.54 Å². The van der Waals surface area contributed by atoms with E-state index in [0.717, 1.165) is 55.7 Å². The Morgan fingerprint density at radius 2 is 0.986 bits per heavy atom. The summed E-state index contributed by atoms with van der Waals surface area (Å²) in [6.45, 7) is 1.70. The van der Waals surface area contributed by atoms with Gasteiger partial charge in [0.25, 0.3) is 0 Å². The van der Waals surface area contributed by atoms with Crippen LogP contribution in [0.3, 0.4) is 0 Å². The summed E-state index contributed by atoms with van der Waals surface area (Å²) in [5.41, 5.74) is 6.74. The van der Waals surface area contributed by atoms with E-state index in [1.165, 1.54) is 5.56 Å². The number of thioether (sulfide) groups is 1. The second kappa shape index (κ2) is 27.0. The quantitative estimate of drug-likeness (QED) is 0.0902. The molecule has 2 unspecified atom stereocenters. The molecule has 0 N–H and O–H groups in total. The molecule has 0 aliphatic carbocycles. The Kier molecular flexibility index (Phi) is 20.1. The topological polar surface area (TPSA) is 62.7 Å². The largest absolute Gasteiger partial charge is 0.367 e. The van der Waals surface area contributed by atoms with Crippen LogP contribution in [0, 0.1) is 0 Å². The van der Waals surface area contributed by atoms with Gasteiger partial charge in [-0.25, -0.2) is 15.0 Å². The third-order valence-electron chi connectivity index (χ3n) is 11.8. The molecule has 0 aliphatic rings. The summed E-state index contributed by atoms with van der Waals surface area (Å²) >= 11 is 51.4. The standard InChI is InChI=1S/C22H17ClN2.C18H14Cl4N2O.C18H15Cl3N2S/c23-21-14-8-7-13-20(21)22(25-16-15-24-17-25,18-9-3-1-4-10-18)19-11-5-2-6-12-19;19-13-1-2-16(17(22)8-13)18(9-24-4-3-23-11-24)25-10-12-5-14(20)7-15(21)6-12;19-14-3-1-13(2-4-14)11-24-18(10-23-8-7-22-12-23)16-6-5-15(20)9-17(16)21/h1-17H;1-8,11,18H,9-10H2;1-9,12,18H,10-11H2. The van der Waals surface area contributed by atoms with Crippen LogP contribution in [-0.2, 0) is 35.7 Å². The average molecular weight is 1160 g/mol. The van der Waals surface area contributed by atoms with Crippen LogP contribution in [-0.4, -0.2) is 28.7 Å². The zero-order valence-electron chi connectivity index (χ0n) is 39.3. The van der Waals surface area contributed by atoms with Crippen molar-refractivity contribution in [2.45, 2.75) is 42.3 Å². The van der Waals surface area contributed by atoms with E-state index in [2.05, 4.69) is 78.7 Å². The molecule has 16 heteroatoms. The summed E-state index contributed by atoms with van der Waals surface area (Å²) < 4.78 is 12.2. The smallest absolute Gasteiger partial charge is 0.123 e. The molecular formula is C58H46Cl8N6OS. The van der Waals surface area contributed by atoms with Gasteiger partial charge >= 0.3 is 0 Å². The van der Waals surface area contributed by atoms with Crippen molar-refractivity contribution in [3.05, 3.63) is 299 Å². The molecule has 0 saturated heterocycles. The van der Waals surface area contributed by atoms with E-state index in [0.29, 0.717) is 43.3 Å². The van der Waals surface area contributed by atoms with Crippen LogP contribution in [0.15, 0.2) is 220 Å². The third kappa shape index (κ3) is 14.6. The van der Waals surface area contributed by atoms with Gasteiger partial charge in [-0.15, -0.1) is 11.8 Å². The molecule has 10 rings (SSSR count). The highest BCUT2D eigenvalue weighted by Crippen LogP contribution is 2.44. The lowest BCUT2D eigenvalue weighted by atomic mass is 9.76. The van der Waals surface area contributed by atoms with E-state index in [-0.39, 0.29) is 11.4 Å². The predicted octanol–water partition coefficient (Wildman–Crippen LogP) is 18.3. The van der Waals surface area contributed by atoms with Gasteiger partial charge in [0.2, 0.25) is 0 Å². The van der Waals surface area contributed by atoms with Crippen molar-refractivity contribution in [3.63, 3.8) is 0 Å². The molecule has 3 heterocycles. The van der Waals surface area contributed by atoms with Gasteiger partial charge in [0, 0.05) is 106 Å². The second-order valence-corrected chi connectivity index (χ2v) is 21.3. The number of benzene rings is 7. The van der Waals surface area contributed by atoms with Crippen LogP contribution in [0.2, 0.25) is 40.2 Å². The van der Waals surface area contributed by atoms with Gasteiger partial charge in [0.05, 0.1) is 32.1 Å². The van der Waals surface area contributed by atoms with Crippen LogP contribution in [0.4, 0.5) is 0 Å². The number of nitrogens with zero attached hydrogens (tertiary/aromatic N) is 6. The molecule has 74 heavy (non-hydrogen) atoms. The summed E-state index contributed by atoms with van der Waals surface area (Å²) in [5.74, 6) is 0.871. The Bertz CT molecular complexity index is 3230. The Balaban J connectivity index is 0.000000148. The maximum atomic E-state index is 6.69. The summed E-state index contributed by atoms with van der Waals surface area (Å²) in [6.07, 6.45) is 16.2. The van der Waals surface area contributed by atoms with E-state index in [4.69, 9.17) is 97.5 Å². The SMILES string of the molecule is Clc1cc(Cl)cc(COC(Cn2ccnc2)c2ccc(Cl)cc2Cl)c1.Clc1ccc(CSC(Cn2ccnc2)c2ccc(Cl)cc2Cl)cc1.Clc1ccccc1C(c1ccccc1)(c1ccccc1)n1ccnc1. The summed E-state index contributed by atoms with van der Waals surface area (Å²) in [5, 5.41) is 5.29. The van der Waals surface area contributed by atoms with Gasteiger partial charge in [0.1, 0.15) is 11.6 Å². The van der Waals surface area contributed by atoms with E-state index in [9.17, 15) is 0 Å². The first-order valence-corrected chi connectivity index (χ1v) is 27.1. The summed E-state index contributed by atoms with van der Waals surface area (Å²) in [4.78, 5) is 12.5. The average Bonchev–Trinajstić information content (AvgIpc) is 4.24. The number of hydrogen-bond donors (Lipinski definition) is 0. The first-order chi connectivity index (χ1) is 36.0. The predicted molar refractivity (Wildman–Crippen MR) is 309 cm³/mol. The highest BCUT2D eigenvalue weighted by molar-refractivity contribution is 7.98. The maximum Gasteiger partial charge on any atom is 0.123 e. The van der Waals surface area contributed by atoms with Gasteiger partial charge in [-0.1, -0.05) is 196 Å². The highest BCUT2D eigenvalue weighted by atomic mass is 35.5. The van der Waals surface area contributed by atoms with Crippen LogP contribution in [0.5, 0.6) is 0 Å². The molecule has 2 atom stereocenters. The van der Waals surface area contributed by atoms with Crippen molar-refractivity contribution < 1.29 is 4.74 Å². The summed E-state index contributed by atoms with van der Waals surface area (Å²) in [6, 6.07) is 53.1. The lowest BCUT2D eigenvalue weighted by Crippen LogP contribution is -2.37. The van der Waals surface area contributed by atoms with Crippen molar-refractivity contribution in [3.8, 4) is 0 Å². The van der Waals surface area contributed by atoms with Crippen LogP contribution >= 0.6 is 105 Å². The second-order valence-electron chi connectivity index (χ2n) is 16.7. The van der Waals surface area contributed by atoms with Crippen molar-refractivity contribution in [2.75, 3.05) is 0 Å². The molecule has 7 aromatic carbocycles. The minimum atomic E-state index is -0.586. The first kappa shape index (κ1) is 55.0. The van der Waals surface area contributed by atoms with E-state index in [1.54, 1.807) is 49.2 Å². The minimum absolute atomic E-state index is 0.194. The molecule has 10 aromatic rings. The third-order valence-corrected chi connectivity index (χ3v) is 15.2. The van der Waals surface area contributed by atoms with Gasteiger partial charge in [0.15, 0.2) is 0 Å². The minimum Gasteiger partial charge on any atom is -0.367 e. The van der Waals surface area contributed by atoms with Gasteiger partial charge in [-0.3, -0.25) is 0 Å². The van der Waals surface area contributed by atoms with Crippen molar-refractivity contribution in [2.24, 2.45) is 0 Å².